The van der Waals surface area contributed by atoms with Crippen molar-refractivity contribution in [2.24, 2.45) is 0 Å². The van der Waals surface area contributed by atoms with Crippen LogP contribution in [0.3, 0.4) is 0 Å². The Kier molecular flexibility index (Phi) is 3.98. The first-order valence-corrected chi connectivity index (χ1v) is 5.91. The summed E-state index contributed by atoms with van der Waals surface area (Å²) in [6.07, 6.45) is 3.28. The summed E-state index contributed by atoms with van der Waals surface area (Å²) in [6, 6.07) is 14.4. The van der Waals surface area contributed by atoms with E-state index in [1.807, 2.05) is 24.3 Å². The number of ketones is 1. The molecule has 3 heteroatoms. The van der Waals surface area contributed by atoms with Crippen LogP contribution in [0.5, 0.6) is 5.75 Å². The lowest BCUT2D eigenvalue weighted by atomic mass is 10.1. The second-order valence-electron chi connectivity index (χ2n) is 4.06. The van der Waals surface area contributed by atoms with Crippen molar-refractivity contribution < 1.29 is 9.53 Å². The Morgan fingerprint density at radius 3 is 2.47 bits per heavy atom. The van der Waals surface area contributed by atoms with Crippen LogP contribution < -0.4 is 10.5 Å². The van der Waals surface area contributed by atoms with Gasteiger partial charge in [-0.05, 0) is 42.5 Å². The molecule has 0 unspecified atom stereocenters. The van der Waals surface area contributed by atoms with Gasteiger partial charge in [-0.1, -0.05) is 18.2 Å². The molecule has 0 aliphatic rings. The fourth-order valence-corrected chi connectivity index (χ4v) is 1.71. The molecule has 3 nitrogen and oxygen atoms in total. The van der Waals surface area contributed by atoms with Gasteiger partial charge in [-0.3, -0.25) is 4.79 Å². The van der Waals surface area contributed by atoms with Crippen LogP contribution in [0.15, 0.2) is 54.6 Å². The molecule has 0 aliphatic carbocycles. The Morgan fingerprint density at radius 2 is 1.79 bits per heavy atom. The second kappa shape index (κ2) is 5.87. The third-order valence-corrected chi connectivity index (χ3v) is 2.75. The molecule has 2 aromatic carbocycles. The van der Waals surface area contributed by atoms with E-state index in [-0.39, 0.29) is 5.78 Å². The average Bonchev–Trinajstić information content (AvgIpc) is 2.45. The fourth-order valence-electron chi connectivity index (χ4n) is 1.71. The van der Waals surface area contributed by atoms with Gasteiger partial charge in [0, 0.05) is 16.8 Å². The Morgan fingerprint density at radius 1 is 1.11 bits per heavy atom. The Balaban J connectivity index is 2.18. The number of ether oxygens (including phenoxy) is 1. The molecule has 2 aromatic rings. The smallest absolute Gasteiger partial charge is 0.185 e. The summed E-state index contributed by atoms with van der Waals surface area (Å²) < 4.78 is 5.22. The number of rotatable bonds is 4. The molecule has 0 aliphatic heterocycles. The molecule has 0 radical (unpaired) electrons. The molecule has 2 N–H and O–H groups in total. The minimum absolute atomic E-state index is 0.0640. The number of allylic oxidation sites excluding steroid dienone is 1. The zero-order chi connectivity index (χ0) is 13.7. The molecule has 0 aromatic heterocycles. The maximum atomic E-state index is 12.0. The third-order valence-electron chi connectivity index (χ3n) is 2.75. The molecule has 0 atom stereocenters. The van der Waals surface area contributed by atoms with Crippen LogP contribution in [0.2, 0.25) is 0 Å². The molecule has 0 amide bonds. The molecule has 2 rings (SSSR count). The van der Waals surface area contributed by atoms with Crippen LogP contribution in [0.1, 0.15) is 15.9 Å². The number of anilines is 1. The zero-order valence-electron chi connectivity index (χ0n) is 10.7. The lowest BCUT2D eigenvalue weighted by Crippen LogP contribution is -1.95. The SMILES string of the molecule is COc1ccccc1/C=C/C(=O)c1ccc(N)cc1. The summed E-state index contributed by atoms with van der Waals surface area (Å²) in [7, 11) is 1.61. The summed E-state index contributed by atoms with van der Waals surface area (Å²) >= 11 is 0. The van der Waals surface area contributed by atoms with E-state index in [0.717, 1.165) is 11.3 Å². The van der Waals surface area contributed by atoms with Crippen molar-refractivity contribution in [3.8, 4) is 5.75 Å². The lowest BCUT2D eigenvalue weighted by Gasteiger charge is -2.03. The van der Waals surface area contributed by atoms with Crippen molar-refractivity contribution in [2.45, 2.75) is 0 Å². The fraction of sp³-hybridized carbons (Fsp3) is 0.0625. The van der Waals surface area contributed by atoms with Crippen LogP contribution in [0.4, 0.5) is 5.69 Å². The maximum absolute atomic E-state index is 12.0. The van der Waals surface area contributed by atoms with E-state index in [2.05, 4.69) is 0 Å². The number of para-hydroxylation sites is 1. The largest absolute Gasteiger partial charge is 0.496 e. The number of nitrogen functional groups attached to an aromatic ring is 1. The van der Waals surface area contributed by atoms with E-state index in [9.17, 15) is 4.79 Å². The standard InChI is InChI=1S/C16H15NO2/c1-19-16-5-3-2-4-13(16)8-11-15(18)12-6-9-14(17)10-7-12/h2-11H,17H2,1H3/b11-8+. The highest BCUT2D eigenvalue weighted by Gasteiger charge is 2.02. The third kappa shape index (κ3) is 3.22. The number of carbonyl (C=O) groups excluding carboxylic acids is 1. The normalized spacial score (nSPS) is 10.6. The Hall–Kier alpha value is -2.55. The molecule has 0 bridgehead atoms. The first-order valence-electron chi connectivity index (χ1n) is 5.91. The van der Waals surface area contributed by atoms with Gasteiger partial charge in [0.15, 0.2) is 5.78 Å². The van der Waals surface area contributed by atoms with Gasteiger partial charge < -0.3 is 10.5 Å². The quantitative estimate of drug-likeness (QED) is 0.517. The van der Waals surface area contributed by atoms with Crippen molar-refractivity contribution in [1.82, 2.24) is 0 Å². The molecule has 0 fully saturated rings. The van der Waals surface area contributed by atoms with E-state index in [1.54, 1.807) is 37.5 Å². The first-order chi connectivity index (χ1) is 9.20. The Labute approximate surface area is 112 Å². The van der Waals surface area contributed by atoms with Gasteiger partial charge in [-0.25, -0.2) is 0 Å². The van der Waals surface area contributed by atoms with Gasteiger partial charge in [-0.2, -0.15) is 0 Å². The predicted molar refractivity (Wildman–Crippen MR) is 77.2 cm³/mol. The van der Waals surface area contributed by atoms with Crippen LogP contribution in [-0.2, 0) is 0 Å². The van der Waals surface area contributed by atoms with Gasteiger partial charge in [0.1, 0.15) is 5.75 Å². The summed E-state index contributed by atoms with van der Waals surface area (Å²) in [4.78, 5) is 12.0. The van der Waals surface area contributed by atoms with Gasteiger partial charge in [0.25, 0.3) is 0 Å². The molecular weight excluding hydrogens is 238 g/mol. The van der Waals surface area contributed by atoms with E-state index < -0.39 is 0 Å². The van der Waals surface area contributed by atoms with Gasteiger partial charge in [0.2, 0.25) is 0 Å². The number of benzene rings is 2. The van der Waals surface area contributed by atoms with Crippen molar-refractivity contribution in [2.75, 3.05) is 12.8 Å². The van der Waals surface area contributed by atoms with Crippen LogP contribution in [0, 0.1) is 0 Å². The number of nitrogens with two attached hydrogens (primary N) is 1. The summed E-state index contributed by atoms with van der Waals surface area (Å²) in [5.74, 6) is 0.676. The average molecular weight is 253 g/mol. The number of hydrogen-bond donors (Lipinski definition) is 1. The number of hydrogen-bond acceptors (Lipinski definition) is 3. The predicted octanol–water partition coefficient (Wildman–Crippen LogP) is 3.17. The molecule has 0 spiro atoms. The number of methoxy groups -OCH3 is 1. The molecule has 0 saturated heterocycles. The second-order valence-corrected chi connectivity index (χ2v) is 4.06. The lowest BCUT2D eigenvalue weighted by molar-refractivity contribution is 0.104. The minimum atomic E-state index is -0.0640. The summed E-state index contributed by atoms with van der Waals surface area (Å²) in [5, 5.41) is 0. The summed E-state index contributed by atoms with van der Waals surface area (Å²) in [6.45, 7) is 0. The van der Waals surface area contributed by atoms with Crippen LogP contribution in [-0.4, -0.2) is 12.9 Å². The summed E-state index contributed by atoms with van der Waals surface area (Å²) in [5.41, 5.74) is 7.71. The molecule has 96 valence electrons. The van der Waals surface area contributed by atoms with Crippen LogP contribution in [0.25, 0.3) is 6.08 Å². The van der Waals surface area contributed by atoms with E-state index in [4.69, 9.17) is 10.5 Å². The highest BCUT2D eigenvalue weighted by molar-refractivity contribution is 6.07. The number of carbonyl (C=O) groups is 1. The van der Waals surface area contributed by atoms with E-state index >= 15 is 0 Å². The topological polar surface area (TPSA) is 52.3 Å². The zero-order valence-corrected chi connectivity index (χ0v) is 10.7. The maximum Gasteiger partial charge on any atom is 0.185 e. The van der Waals surface area contributed by atoms with Crippen molar-refractivity contribution in [1.29, 1.82) is 0 Å². The Bertz CT molecular complexity index is 600. The van der Waals surface area contributed by atoms with E-state index in [0.29, 0.717) is 11.3 Å². The monoisotopic (exact) mass is 253 g/mol. The van der Waals surface area contributed by atoms with Gasteiger partial charge in [-0.15, -0.1) is 0 Å². The highest BCUT2D eigenvalue weighted by atomic mass is 16.5. The van der Waals surface area contributed by atoms with Crippen molar-refractivity contribution in [3.63, 3.8) is 0 Å². The molecule has 0 heterocycles. The molecule has 19 heavy (non-hydrogen) atoms. The van der Waals surface area contributed by atoms with Crippen molar-refractivity contribution >= 4 is 17.5 Å². The molecular formula is C16H15NO2. The van der Waals surface area contributed by atoms with Crippen molar-refractivity contribution in [3.05, 3.63) is 65.7 Å². The van der Waals surface area contributed by atoms with Crippen LogP contribution >= 0.6 is 0 Å². The molecule has 0 saturated carbocycles. The van der Waals surface area contributed by atoms with E-state index in [1.165, 1.54) is 6.08 Å². The minimum Gasteiger partial charge on any atom is -0.496 e. The van der Waals surface area contributed by atoms with Gasteiger partial charge in [0.05, 0.1) is 7.11 Å². The van der Waals surface area contributed by atoms with Gasteiger partial charge >= 0.3 is 0 Å². The first kappa shape index (κ1) is 12.9. The highest BCUT2D eigenvalue weighted by Crippen LogP contribution is 2.19.